The highest BCUT2D eigenvalue weighted by Gasteiger charge is 2.23. The van der Waals surface area contributed by atoms with Crippen molar-refractivity contribution in [2.45, 2.75) is 25.4 Å². The predicted molar refractivity (Wildman–Crippen MR) is 76.6 cm³/mol. The van der Waals surface area contributed by atoms with Gasteiger partial charge >= 0.3 is 0 Å². The van der Waals surface area contributed by atoms with Crippen molar-refractivity contribution in [2.24, 2.45) is 5.92 Å². The summed E-state index contributed by atoms with van der Waals surface area (Å²) in [5.41, 5.74) is 6.35. The van der Waals surface area contributed by atoms with Crippen molar-refractivity contribution in [3.05, 3.63) is 27.7 Å². The molecule has 1 aliphatic rings. The second-order valence-electron chi connectivity index (χ2n) is 4.90. The fraction of sp³-hybridized carbons (Fsp3) is 0.462. The third kappa shape index (κ3) is 3.53. The number of amides is 1. The molecule has 6 heteroatoms. The van der Waals surface area contributed by atoms with Crippen LogP contribution in [0.3, 0.4) is 0 Å². The summed E-state index contributed by atoms with van der Waals surface area (Å²) < 4.78 is 0. The minimum Gasteiger partial charge on any atom is -0.397 e. The molecule has 0 bridgehead atoms. The SMILES string of the molecule is Nc1cc(C(=O)NCC2CCC(O)C2)cc(Cl)c1Cl. The average molecular weight is 303 g/mol. The van der Waals surface area contributed by atoms with Crippen LogP contribution in [0.1, 0.15) is 29.6 Å². The Morgan fingerprint density at radius 3 is 2.74 bits per heavy atom. The Hall–Kier alpha value is -0.970. The van der Waals surface area contributed by atoms with Crippen LogP contribution >= 0.6 is 23.2 Å². The third-order valence-electron chi connectivity index (χ3n) is 3.38. The minimum absolute atomic E-state index is 0.230. The van der Waals surface area contributed by atoms with Crippen LogP contribution in [0.25, 0.3) is 0 Å². The Balaban J connectivity index is 1.96. The van der Waals surface area contributed by atoms with E-state index < -0.39 is 0 Å². The zero-order valence-electron chi connectivity index (χ0n) is 10.3. The van der Waals surface area contributed by atoms with E-state index in [1.165, 1.54) is 12.1 Å². The maximum Gasteiger partial charge on any atom is 0.251 e. The number of hydrogen-bond acceptors (Lipinski definition) is 3. The standard InChI is InChI=1S/C13H16Cl2N2O2/c14-10-4-8(5-11(16)12(10)15)13(19)17-6-7-1-2-9(18)3-7/h4-5,7,9,18H,1-3,6,16H2,(H,17,19). The first-order chi connectivity index (χ1) is 8.97. The lowest BCUT2D eigenvalue weighted by Crippen LogP contribution is -2.28. The summed E-state index contributed by atoms with van der Waals surface area (Å²) in [4.78, 5) is 12.0. The first kappa shape index (κ1) is 14.4. The molecule has 1 fully saturated rings. The van der Waals surface area contributed by atoms with E-state index in [4.69, 9.17) is 28.9 Å². The normalized spacial score (nSPS) is 22.5. The van der Waals surface area contributed by atoms with Gasteiger partial charge in [0.05, 0.1) is 21.8 Å². The topological polar surface area (TPSA) is 75.4 Å². The van der Waals surface area contributed by atoms with E-state index in [0.29, 0.717) is 18.0 Å². The number of nitrogens with one attached hydrogen (secondary N) is 1. The van der Waals surface area contributed by atoms with E-state index >= 15 is 0 Å². The molecule has 4 nitrogen and oxygen atoms in total. The van der Waals surface area contributed by atoms with Crippen LogP contribution in [0.4, 0.5) is 5.69 Å². The summed E-state index contributed by atoms with van der Waals surface area (Å²) in [6.45, 7) is 0.552. The number of aliphatic hydroxyl groups excluding tert-OH is 1. The van der Waals surface area contributed by atoms with Gasteiger partial charge in [-0.2, -0.15) is 0 Å². The quantitative estimate of drug-likeness (QED) is 0.751. The molecule has 0 aliphatic heterocycles. The van der Waals surface area contributed by atoms with E-state index in [0.717, 1.165) is 19.3 Å². The fourth-order valence-electron chi connectivity index (χ4n) is 2.31. The van der Waals surface area contributed by atoms with Gasteiger partial charge in [0.25, 0.3) is 5.91 Å². The lowest BCUT2D eigenvalue weighted by atomic mass is 10.1. The van der Waals surface area contributed by atoms with Crippen LogP contribution in [0.15, 0.2) is 12.1 Å². The van der Waals surface area contributed by atoms with Crippen molar-refractivity contribution in [3.8, 4) is 0 Å². The van der Waals surface area contributed by atoms with Crippen LogP contribution in [-0.4, -0.2) is 23.7 Å². The molecule has 0 radical (unpaired) electrons. The molecule has 1 aliphatic carbocycles. The molecule has 2 rings (SSSR count). The molecule has 2 atom stereocenters. The van der Waals surface area contributed by atoms with Gasteiger partial charge in [0.1, 0.15) is 0 Å². The predicted octanol–water partition coefficient (Wildman–Crippen LogP) is 2.47. The van der Waals surface area contributed by atoms with Crippen molar-refractivity contribution < 1.29 is 9.90 Å². The summed E-state index contributed by atoms with van der Waals surface area (Å²) >= 11 is 11.7. The maximum absolute atomic E-state index is 12.0. The number of benzene rings is 1. The largest absolute Gasteiger partial charge is 0.397 e. The Kier molecular flexibility index (Phi) is 4.55. The van der Waals surface area contributed by atoms with Gasteiger partial charge in [-0.15, -0.1) is 0 Å². The molecule has 0 heterocycles. The number of anilines is 1. The number of carbonyl (C=O) groups is 1. The maximum atomic E-state index is 12.0. The summed E-state index contributed by atoms with van der Waals surface area (Å²) in [5.74, 6) is 0.103. The molecule has 0 spiro atoms. The molecule has 2 unspecified atom stereocenters. The fourth-order valence-corrected chi connectivity index (χ4v) is 2.65. The molecule has 1 aromatic carbocycles. The van der Waals surface area contributed by atoms with Gasteiger partial charge < -0.3 is 16.2 Å². The zero-order valence-corrected chi connectivity index (χ0v) is 11.8. The van der Waals surface area contributed by atoms with Crippen LogP contribution in [0.5, 0.6) is 0 Å². The van der Waals surface area contributed by atoms with Crippen LogP contribution in [0.2, 0.25) is 10.0 Å². The molecular weight excluding hydrogens is 287 g/mol. The highest BCUT2D eigenvalue weighted by atomic mass is 35.5. The summed E-state index contributed by atoms with van der Waals surface area (Å²) in [6, 6.07) is 3.01. The van der Waals surface area contributed by atoms with Crippen LogP contribution in [-0.2, 0) is 0 Å². The molecule has 0 aromatic heterocycles. The van der Waals surface area contributed by atoms with Crippen molar-refractivity contribution in [1.82, 2.24) is 5.32 Å². The molecule has 19 heavy (non-hydrogen) atoms. The Labute approximate surface area is 121 Å². The third-order valence-corrected chi connectivity index (χ3v) is 4.20. The van der Waals surface area contributed by atoms with Gasteiger partial charge in [0.15, 0.2) is 0 Å². The molecule has 1 aromatic rings. The lowest BCUT2D eigenvalue weighted by molar-refractivity contribution is 0.0945. The molecule has 1 amide bonds. The molecule has 104 valence electrons. The Bertz CT molecular complexity index is 471. The van der Waals surface area contributed by atoms with Crippen molar-refractivity contribution in [3.63, 3.8) is 0 Å². The zero-order chi connectivity index (χ0) is 14.0. The minimum atomic E-state index is -0.234. The van der Waals surface area contributed by atoms with E-state index in [2.05, 4.69) is 5.32 Å². The van der Waals surface area contributed by atoms with Gasteiger partial charge in [-0.05, 0) is 37.3 Å². The summed E-state index contributed by atoms with van der Waals surface area (Å²) in [7, 11) is 0. The molecule has 4 N–H and O–H groups in total. The Morgan fingerprint density at radius 2 is 2.16 bits per heavy atom. The van der Waals surface area contributed by atoms with Crippen molar-refractivity contribution in [2.75, 3.05) is 12.3 Å². The number of halogens is 2. The molecular formula is C13H16Cl2N2O2. The van der Waals surface area contributed by atoms with Gasteiger partial charge in [-0.1, -0.05) is 23.2 Å². The summed E-state index contributed by atoms with van der Waals surface area (Å²) in [5, 5.41) is 12.8. The monoisotopic (exact) mass is 302 g/mol. The number of aliphatic hydroxyl groups is 1. The first-order valence-electron chi connectivity index (χ1n) is 6.18. The highest BCUT2D eigenvalue weighted by molar-refractivity contribution is 6.43. The second kappa shape index (κ2) is 5.99. The summed E-state index contributed by atoms with van der Waals surface area (Å²) in [6.07, 6.45) is 2.25. The van der Waals surface area contributed by atoms with Gasteiger partial charge in [-0.25, -0.2) is 0 Å². The molecule has 1 saturated carbocycles. The average Bonchev–Trinajstić information content (AvgIpc) is 2.78. The van der Waals surface area contributed by atoms with Crippen molar-refractivity contribution >= 4 is 34.8 Å². The van der Waals surface area contributed by atoms with Gasteiger partial charge in [-0.3, -0.25) is 4.79 Å². The number of nitrogen functional groups attached to an aromatic ring is 1. The van der Waals surface area contributed by atoms with E-state index in [1.807, 2.05) is 0 Å². The number of hydrogen-bond donors (Lipinski definition) is 3. The molecule has 0 saturated heterocycles. The van der Waals surface area contributed by atoms with Gasteiger partial charge in [0, 0.05) is 12.1 Å². The number of rotatable bonds is 3. The van der Waals surface area contributed by atoms with Crippen LogP contribution < -0.4 is 11.1 Å². The van der Waals surface area contributed by atoms with E-state index in [1.54, 1.807) is 0 Å². The number of carbonyl (C=O) groups excluding carboxylic acids is 1. The second-order valence-corrected chi connectivity index (χ2v) is 5.69. The number of nitrogens with two attached hydrogens (primary N) is 1. The van der Waals surface area contributed by atoms with Crippen LogP contribution in [0, 0.1) is 5.92 Å². The van der Waals surface area contributed by atoms with Gasteiger partial charge in [0.2, 0.25) is 0 Å². The smallest absolute Gasteiger partial charge is 0.251 e. The van der Waals surface area contributed by atoms with Crippen molar-refractivity contribution in [1.29, 1.82) is 0 Å². The lowest BCUT2D eigenvalue weighted by Gasteiger charge is -2.12. The Morgan fingerprint density at radius 1 is 1.42 bits per heavy atom. The first-order valence-corrected chi connectivity index (χ1v) is 6.93. The highest BCUT2D eigenvalue weighted by Crippen LogP contribution is 2.29. The van der Waals surface area contributed by atoms with E-state index in [-0.39, 0.29) is 27.7 Å². The van der Waals surface area contributed by atoms with E-state index in [9.17, 15) is 9.90 Å².